The monoisotopic (exact) mass is 1220 g/mol. The first-order chi connectivity index (χ1) is 39.5. The van der Waals surface area contributed by atoms with Crippen LogP contribution in [0.15, 0.2) is 66.3 Å². The van der Waals surface area contributed by atoms with Crippen molar-refractivity contribution in [3.05, 3.63) is 82.4 Å². The predicted molar refractivity (Wildman–Crippen MR) is 306 cm³/mol. The van der Waals surface area contributed by atoms with E-state index in [2.05, 4.69) is 37.2 Å². The third-order valence-corrected chi connectivity index (χ3v) is 14.6. The second-order valence-corrected chi connectivity index (χ2v) is 21.4. The fourth-order valence-corrected chi connectivity index (χ4v) is 9.71. The van der Waals surface area contributed by atoms with Crippen LogP contribution in [0.1, 0.15) is 84.3 Å². The van der Waals surface area contributed by atoms with Crippen LogP contribution in [0.5, 0.6) is 5.75 Å². The highest BCUT2D eigenvalue weighted by atomic mass is 35.5. The minimum atomic E-state index is -5.17. The second-order valence-electron chi connectivity index (χ2n) is 20.6. The predicted octanol–water partition coefficient (Wildman–Crippen LogP) is 5.66. The molecule has 1 saturated heterocycles. The molecule has 0 spiro atoms. The quantitative estimate of drug-likeness (QED) is 0.0465. The van der Waals surface area contributed by atoms with Gasteiger partial charge in [-0.05, 0) is 100.0 Å². The number of ether oxygens (including phenoxy) is 5. The average molecular weight is 1220 g/mol. The zero-order chi connectivity index (χ0) is 62.2. The maximum absolute atomic E-state index is 14.9. The summed E-state index contributed by atoms with van der Waals surface area (Å²) >= 11 is 12.2. The van der Waals surface area contributed by atoms with Gasteiger partial charge in [0.15, 0.2) is 10.8 Å². The highest BCUT2D eigenvalue weighted by molar-refractivity contribution is 7.80. The molecule has 10 N–H and O–H groups in total. The van der Waals surface area contributed by atoms with Gasteiger partial charge >= 0.3 is 24.4 Å². The number of amides is 9. The lowest BCUT2D eigenvalue weighted by molar-refractivity contribution is -0.178. The molecule has 3 heterocycles. The Labute approximate surface area is 494 Å². The number of hydrogen-bond acceptors (Lipinski definition) is 15. The molecule has 2 aromatic rings. The molecule has 24 nitrogen and oxygen atoms in total. The first-order valence-corrected chi connectivity index (χ1v) is 27.6. The summed E-state index contributed by atoms with van der Waals surface area (Å²) in [4.78, 5) is 106. The smallest absolute Gasteiger partial charge is 0.418 e. The Bertz CT molecular complexity index is 2860. The van der Waals surface area contributed by atoms with Gasteiger partial charge < -0.3 is 66.0 Å². The summed E-state index contributed by atoms with van der Waals surface area (Å²) in [6, 6.07) is 2.29. The van der Waals surface area contributed by atoms with Crippen LogP contribution < -0.4 is 52.6 Å². The highest BCUT2D eigenvalue weighted by Crippen LogP contribution is 2.39. The first kappa shape index (κ1) is 67.3. The summed E-state index contributed by atoms with van der Waals surface area (Å²) in [5.74, 6) is -4.38. The maximum Gasteiger partial charge on any atom is 0.418 e. The normalized spacial score (nSPS) is 23.0. The van der Waals surface area contributed by atoms with E-state index in [4.69, 9.17) is 53.2 Å². The molecule has 1 fully saturated rings. The van der Waals surface area contributed by atoms with Gasteiger partial charge in [-0.1, -0.05) is 56.2 Å². The number of urea groups is 1. The Kier molecular flexibility index (Phi) is 24.3. The molecule has 84 heavy (non-hydrogen) atoms. The lowest BCUT2D eigenvalue weighted by atomic mass is 9.88. The minimum absolute atomic E-state index is 0.0296. The molecule has 2 aromatic carbocycles. The Morgan fingerprint density at radius 2 is 1.67 bits per heavy atom. The number of alkyl carbamates (subject to hydrolysis) is 1. The van der Waals surface area contributed by atoms with Crippen LogP contribution in [0.3, 0.4) is 0 Å². The van der Waals surface area contributed by atoms with Crippen molar-refractivity contribution in [2.24, 2.45) is 17.6 Å². The number of unbranched alkanes of at least 4 members (excludes halogenated alkanes) is 1. The van der Waals surface area contributed by atoms with E-state index < -0.39 is 132 Å². The standard InChI is InChI=1S/C55H72ClF3N10O14S/c1-29(2)47(66-51(84)62-20-9-10-22-69-42(70)18-19-43(69)71)49(74)65-37(14-12-21-61-50(60)75)48(73)64-36-17-16-34(26-35(36)55(57,58)59)63-52(76)83-45-27-44(72)68(6)38-24-33(25-39(79-7)46(38)56)23-30(3)13-11-15-41(80-8)54(78)28-40(82-53(77)67-54)31(4)32(5)81-45/h11,13,15-19,24-26,29,31-32,37,40-41,45,47,78H,9-10,12,14,20-23,27-28H2,1-8H3,(H,63,76)(H,64,73)(H,65,74)(H,67,77)(H3,60,61,75)(H2,62,66,84)/b15-11+,30-13+/t31-,32+,37-,40-,41+,45?,47-,54-/m0/s1. The van der Waals surface area contributed by atoms with Crippen LogP contribution in [0, 0.1) is 11.8 Å². The van der Waals surface area contributed by atoms with Crippen molar-refractivity contribution < 1.29 is 80.3 Å². The van der Waals surface area contributed by atoms with Gasteiger partial charge in [0.1, 0.15) is 35.1 Å². The van der Waals surface area contributed by atoms with Gasteiger partial charge in [0.25, 0.3) is 11.8 Å². The number of halogens is 4. The number of nitrogens with one attached hydrogen (secondary N) is 7. The molecule has 1 unspecified atom stereocenters. The van der Waals surface area contributed by atoms with E-state index in [1.54, 1.807) is 51.1 Å². The molecular weight excluding hydrogens is 1150 g/mol. The summed E-state index contributed by atoms with van der Waals surface area (Å²) in [6.45, 7) is 8.77. The number of allylic oxidation sites excluding steroid dienone is 3. The maximum atomic E-state index is 14.9. The third kappa shape index (κ3) is 19.0. The Morgan fingerprint density at radius 3 is 2.31 bits per heavy atom. The van der Waals surface area contributed by atoms with Gasteiger partial charge in [-0.25, -0.2) is 14.4 Å². The number of thiocarbonyl (C=S) groups is 1. The van der Waals surface area contributed by atoms with Crippen molar-refractivity contribution in [1.82, 2.24) is 31.5 Å². The zero-order valence-corrected chi connectivity index (χ0v) is 49.2. The summed E-state index contributed by atoms with van der Waals surface area (Å²) in [5, 5.41) is 29.6. The molecule has 29 heteroatoms. The Balaban J connectivity index is 1.36. The van der Waals surface area contributed by atoms with E-state index in [9.17, 15) is 56.6 Å². The Morgan fingerprint density at radius 1 is 0.976 bits per heavy atom. The van der Waals surface area contributed by atoms with Crippen LogP contribution in [-0.4, -0.2) is 146 Å². The highest BCUT2D eigenvalue weighted by Gasteiger charge is 2.48. The van der Waals surface area contributed by atoms with Gasteiger partial charge in [-0.2, -0.15) is 13.2 Å². The van der Waals surface area contributed by atoms with Crippen molar-refractivity contribution >= 4 is 93.7 Å². The van der Waals surface area contributed by atoms with Crippen molar-refractivity contribution in [3.63, 3.8) is 0 Å². The number of methoxy groups -OCH3 is 2. The molecule has 0 radical (unpaired) electrons. The van der Waals surface area contributed by atoms with Crippen LogP contribution in [0.2, 0.25) is 5.02 Å². The van der Waals surface area contributed by atoms with Gasteiger partial charge in [-0.3, -0.25) is 39.5 Å². The molecule has 5 rings (SSSR count). The van der Waals surface area contributed by atoms with E-state index in [1.165, 1.54) is 45.2 Å². The number of hydrogen-bond donors (Lipinski definition) is 9. The fraction of sp³-hybridized carbons (Fsp3) is 0.509. The number of aliphatic hydroxyl groups is 1. The number of carbonyl (C=O) groups is 8. The molecule has 0 aromatic heterocycles. The van der Waals surface area contributed by atoms with Crippen molar-refractivity contribution in [2.75, 3.05) is 56.4 Å². The molecule has 9 amide bonds. The van der Waals surface area contributed by atoms with E-state index in [1.807, 2.05) is 6.92 Å². The topological polar surface area (TPSA) is 320 Å². The summed E-state index contributed by atoms with van der Waals surface area (Å²) < 4.78 is 73.4. The molecule has 3 aliphatic heterocycles. The number of rotatable bonds is 19. The molecule has 4 bridgehead atoms. The van der Waals surface area contributed by atoms with Gasteiger partial charge in [0, 0.05) is 64.0 Å². The molecular formula is C55H72ClF3N10O14S. The molecule has 0 saturated carbocycles. The largest absolute Gasteiger partial charge is 0.495 e. The number of primary amides is 1. The number of carbonyl (C=O) groups excluding carboxylic acids is 8. The van der Waals surface area contributed by atoms with E-state index >= 15 is 0 Å². The van der Waals surface area contributed by atoms with Gasteiger partial charge in [0.05, 0.1) is 36.6 Å². The average Bonchev–Trinajstić information content (AvgIpc) is 3.28. The summed E-state index contributed by atoms with van der Waals surface area (Å²) in [5.41, 5.74) is 2.20. The van der Waals surface area contributed by atoms with E-state index in [0.717, 1.165) is 22.6 Å². The number of fused-ring (bicyclic) bond motifs is 4. The van der Waals surface area contributed by atoms with Gasteiger partial charge in [0.2, 0.25) is 24.0 Å². The second kappa shape index (κ2) is 30.3. The fourth-order valence-electron chi connectivity index (χ4n) is 9.16. The van der Waals surface area contributed by atoms with Gasteiger partial charge in [-0.15, -0.1) is 0 Å². The summed E-state index contributed by atoms with van der Waals surface area (Å²) in [6.07, 6.45) is -4.93. The molecule has 460 valence electrons. The third-order valence-electron chi connectivity index (χ3n) is 13.9. The lowest BCUT2D eigenvalue weighted by Gasteiger charge is -2.43. The minimum Gasteiger partial charge on any atom is -0.495 e. The van der Waals surface area contributed by atoms with E-state index in [0.29, 0.717) is 37.4 Å². The number of imide groups is 1. The SMILES string of the molecule is COc1cc2cc(c1Cl)N(C)C(=O)CC(OC(=O)Nc1ccc(NC(=O)[C@H](CCCNC(N)=O)NC(=O)[C@@H](NC(=S)NCCCCN3C(=O)C=CC3=O)C(C)C)c(C(F)(F)F)c1)O[C@H](C)[C@H](C)[C@@H]1C[C@@](O)(NC(=O)O1)[C@H](OC)/C=C/C=C(\C)C2. The van der Waals surface area contributed by atoms with Crippen LogP contribution >= 0.6 is 23.8 Å². The zero-order valence-electron chi connectivity index (χ0n) is 47.6. The number of anilines is 3. The lowest BCUT2D eigenvalue weighted by Crippen LogP contribution is -2.63. The summed E-state index contributed by atoms with van der Waals surface area (Å²) in [7, 11) is 4.15. The first-order valence-electron chi connectivity index (χ1n) is 26.8. The number of alkyl halides is 3. The van der Waals surface area contributed by atoms with E-state index in [-0.39, 0.29) is 53.9 Å². The molecule has 0 aliphatic carbocycles. The Hall–Kier alpha value is -7.53. The molecule has 3 aliphatic rings. The number of nitrogens with two attached hydrogens (primary N) is 1. The van der Waals surface area contributed by atoms with Crippen LogP contribution in [0.4, 0.5) is 44.6 Å². The molecule has 8 atom stereocenters. The number of benzene rings is 2. The van der Waals surface area contributed by atoms with Crippen molar-refractivity contribution in [3.8, 4) is 5.75 Å². The van der Waals surface area contributed by atoms with Crippen molar-refractivity contribution in [1.29, 1.82) is 0 Å². The number of nitrogens with zero attached hydrogens (tertiary/aromatic N) is 2. The van der Waals surface area contributed by atoms with Crippen LogP contribution in [-0.2, 0) is 55.5 Å². The van der Waals surface area contributed by atoms with Crippen LogP contribution in [0.25, 0.3) is 0 Å². The van der Waals surface area contributed by atoms with Crippen molar-refractivity contribution in [2.45, 2.75) is 128 Å².